The molecule has 0 aromatic heterocycles. The highest BCUT2D eigenvalue weighted by Crippen LogP contribution is 2.20. The first-order valence-electron chi connectivity index (χ1n) is 4.10. The monoisotopic (exact) mass is 177 g/mol. The first kappa shape index (κ1) is 8.29. The SMILES string of the molecule is N#Cc1[c]ccc2c(C#N)cccc12. The molecule has 1 radical (unpaired) electrons. The van der Waals surface area contributed by atoms with Gasteiger partial charge in [-0.3, -0.25) is 0 Å². The minimum absolute atomic E-state index is 0.486. The molecule has 2 heteroatoms. The Hall–Kier alpha value is -2.32. The summed E-state index contributed by atoms with van der Waals surface area (Å²) < 4.78 is 0. The van der Waals surface area contributed by atoms with Crippen LogP contribution in [0.3, 0.4) is 0 Å². The molecule has 0 fully saturated rings. The molecule has 0 bridgehead atoms. The van der Waals surface area contributed by atoms with E-state index in [9.17, 15) is 0 Å². The Balaban J connectivity index is 2.95. The second-order valence-corrected chi connectivity index (χ2v) is 2.84. The Bertz CT molecular complexity index is 518. The third-order valence-electron chi connectivity index (χ3n) is 2.09. The van der Waals surface area contributed by atoms with Gasteiger partial charge in [0.15, 0.2) is 0 Å². The second kappa shape index (κ2) is 3.20. The average Bonchev–Trinajstić information content (AvgIpc) is 2.27. The minimum Gasteiger partial charge on any atom is -0.192 e. The summed E-state index contributed by atoms with van der Waals surface area (Å²) >= 11 is 0. The van der Waals surface area contributed by atoms with Crippen LogP contribution in [0.15, 0.2) is 30.3 Å². The lowest BCUT2D eigenvalue weighted by Gasteiger charge is -1.99. The van der Waals surface area contributed by atoms with Gasteiger partial charge in [-0.1, -0.05) is 24.3 Å². The van der Waals surface area contributed by atoms with Crippen LogP contribution in [0.2, 0.25) is 0 Å². The molecule has 0 heterocycles. The summed E-state index contributed by atoms with van der Waals surface area (Å²) in [4.78, 5) is 0. The lowest BCUT2D eigenvalue weighted by molar-refractivity contribution is 1.48. The van der Waals surface area contributed by atoms with Crippen molar-refractivity contribution in [2.75, 3.05) is 0 Å². The highest BCUT2D eigenvalue weighted by molar-refractivity contribution is 5.91. The van der Waals surface area contributed by atoms with E-state index in [4.69, 9.17) is 10.5 Å². The van der Waals surface area contributed by atoms with Gasteiger partial charge >= 0.3 is 0 Å². The standard InChI is InChI=1S/C12H5N2/c13-7-9-3-1-5-11-10(8-14)4-2-6-12(9)11/h1-3,5-6H. The number of nitriles is 2. The van der Waals surface area contributed by atoms with E-state index in [1.807, 2.05) is 6.07 Å². The summed E-state index contributed by atoms with van der Waals surface area (Å²) in [6.45, 7) is 0. The molecule has 0 atom stereocenters. The van der Waals surface area contributed by atoms with Crippen LogP contribution in [0, 0.1) is 28.7 Å². The van der Waals surface area contributed by atoms with Crippen molar-refractivity contribution in [2.24, 2.45) is 0 Å². The summed E-state index contributed by atoms with van der Waals surface area (Å²) in [5.41, 5.74) is 1.08. The Morgan fingerprint density at radius 2 is 1.86 bits per heavy atom. The Kier molecular flexibility index (Phi) is 1.89. The molecule has 0 aliphatic rings. The van der Waals surface area contributed by atoms with Gasteiger partial charge in [-0.25, -0.2) is 0 Å². The van der Waals surface area contributed by atoms with E-state index >= 15 is 0 Å². The number of hydrogen-bond acceptors (Lipinski definition) is 2. The molecule has 2 rings (SSSR count). The number of hydrogen-bond donors (Lipinski definition) is 0. The third kappa shape index (κ3) is 1.11. The normalized spacial score (nSPS) is 9.29. The van der Waals surface area contributed by atoms with Gasteiger partial charge in [0.05, 0.1) is 17.2 Å². The van der Waals surface area contributed by atoms with Crippen LogP contribution in [0.4, 0.5) is 0 Å². The maximum absolute atomic E-state index is 8.86. The molecule has 2 nitrogen and oxygen atoms in total. The van der Waals surface area contributed by atoms with Crippen LogP contribution in [-0.4, -0.2) is 0 Å². The zero-order valence-electron chi connectivity index (χ0n) is 7.28. The van der Waals surface area contributed by atoms with Gasteiger partial charge in [0.2, 0.25) is 0 Å². The van der Waals surface area contributed by atoms with Gasteiger partial charge in [-0.15, -0.1) is 0 Å². The molecule has 0 saturated carbocycles. The molecular formula is C12H5N2. The van der Waals surface area contributed by atoms with Crippen molar-refractivity contribution in [1.29, 1.82) is 10.5 Å². The van der Waals surface area contributed by atoms with Gasteiger partial charge < -0.3 is 0 Å². The van der Waals surface area contributed by atoms with E-state index in [1.54, 1.807) is 24.3 Å². The largest absolute Gasteiger partial charge is 0.192 e. The summed E-state index contributed by atoms with van der Waals surface area (Å²) in [6, 6.07) is 15.8. The van der Waals surface area contributed by atoms with Gasteiger partial charge in [-0.2, -0.15) is 10.5 Å². The van der Waals surface area contributed by atoms with Crippen LogP contribution in [0.25, 0.3) is 10.8 Å². The smallest absolute Gasteiger partial charge is 0.100 e. The first-order chi connectivity index (χ1) is 6.86. The third-order valence-corrected chi connectivity index (χ3v) is 2.09. The van der Waals surface area contributed by atoms with E-state index in [0.29, 0.717) is 11.1 Å². The molecule has 63 valence electrons. The predicted octanol–water partition coefficient (Wildman–Crippen LogP) is 2.38. The van der Waals surface area contributed by atoms with Gasteiger partial charge in [0, 0.05) is 16.8 Å². The van der Waals surface area contributed by atoms with Crippen molar-refractivity contribution in [1.82, 2.24) is 0 Å². The van der Waals surface area contributed by atoms with E-state index in [-0.39, 0.29) is 0 Å². The number of nitrogens with zero attached hydrogens (tertiary/aromatic N) is 2. The number of benzene rings is 2. The van der Waals surface area contributed by atoms with Crippen molar-refractivity contribution < 1.29 is 0 Å². The van der Waals surface area contributed by atoms with Crippen molar-refractivity contribution in [3.63, 3.8) is 0 Å². The molecule has 14 heavy (non-hydrogen) atoms. The number of fused-ring (bicyclic) bond motifs is 1. The predicted molar refractivity (Wildman–Crippen MR) is 52.2 cm³/mol. The van der Waals surface area contributed by atoms with Crippen LogP contribution in [0.1, 0.15) is 11.1 Å². The lowest BCUT2D eigenvalue weighted by Crippen LogP contribution is -1.83. The van der Waals surface area contributed by atoms with Crippen LogP contribution in [-0.2, 0) is 0 Å². The highest BCUT2D eigenvalue weighted by atomic mass is 14.3. The maximum Gasteiger partial charge on any atom is 0.100 e. The lowest BCUT2D eigenvalue weighted by atomic mass is 10.0. The van der Waals surface area contributed by atoms with Crippen molar-refractivity contribution in [2.45, 2.75) is 0 Å². The molecule has 0 aliphatic heterocycles. The minimum atomic E-state index is 0.486. The Morgan fingerprint density at radius 3 is 2.57 bits per heavy atom. The van der Waals surface area contributed by atoms with Crippen LogP contribution < -0.4 is 0 Å². The summed E-state index contributed by atoms with van der Waals surface area (Å²) in [5.74, 6) is 0. The molecule has 0 aliphatic carbocycles. The zero-order valence-corrected chi connectivity index (χ0v) is 7.28. The zero-order chi connectivity index (χ0) is 9.97. The highest BCUT2D eigenvalue weighted by Gasteiger charge is 2.03. The fourth-order valence-electron chi connectivity index (χ4n) is 1.44. The van der Waals surface area contributed by atoms with Gasteiger partial charge in [-0.05, 0) is 6.07 Å². The maximum atomic E-state index is 8.86. The average molecular weight is 177 g/mol. The molecule has 0 unspecified atom stereocenters. The van der Waals surface area contributed by atoms with E-state index in [2.05, 4.69) is 18.2 Å². The molecule has 2 aromatic carbocycles. The molecule has 0 amide bonds. The van der Waals surface area contributed by atoms with Crippen molar-refractivity contribution in [3.05, 3.63) is 47.5 Å². The second-order valence-electron chi connectivity index (χ2n) is 2.84. The molecule has 0 spiro atoms. The van der Waals surface area contributed by atoms with E-state index in [0.717, 1.165) is 10.8 Å². The summed E-state index contributed by atoms with van der Waals surface area (Å²) in [5, 5.41) is 19.3. The van der Waals surface area contributed by atoms with Gasteiger partial charge in [0.25, 0.3) is 0 Å². The molecular weight excluding hydrogens is 172 g/mol. The first-order valence-corrected chi connectivity index (χ1v) is 4.10. The fourth-order valence-corrected chi connectivity index (χ4v) is 1.44. The van der Waals surface area contributed by atoms with Gasteiger partial charge in [0.1, 0.15) is 6.07 Å². The molecule has 0 N–H and O–H groups in total. The summed E-state index contributed by atoms with van der Waals surface area (Å²) in [7, 11) is 0. The number of rotatable bonds is 0. The summed E-state index contributed by atoms with van der Waals surface area (Å²) in [6.07, 6.45) is 0. The molecule has 2 aromatic rings. The fraction of sp³-hybridized carbons (Fsp3) is 0. The van der Waals surface area contributed by atoms with Crippen LogP contribution in [0.5, 0.6) is 0 Å². The van der Waals surface area contributed by atoms with Crippen LogP contribution >= 0.6 is 0 Å². The van der Waals surface area contributed by atoms with Crippen molar-refractivity contribution in [3.8, 4) is 12.1 Å². The Labute approximate surface area is 81.6 Å². The quantitative estimate of drug-likeness (QED) is 0.620. The molecule has 0 saturated heterocycles. The van der Waals surface area contributed by atoms with Crippen molar-refractivity contribution >= 4 is 10.8 Å². The van der Waals surface area contributed by atoms with E-state index < -0.39 is 0 Å². The Morgan fingerprint density at radius 1 is 1.00 bits per heavy atom. The van der Waals surface area contributed by atoms with E-state index in [1.165, 1.54) is 0 Å². The topological polar surface area (TPSA) is 47.6 Å².